The van der Waals surface area contributed by atoms with Crippen LogP contribution in [0.15, 0.2) is 6.07 Å². The zero-order valence-electron chi connectivity index (χ0n) is 7.61. The van der Waals surface area contributed by atoms with Crippen LogP contribution < -0.4 is 0 Å². The second-order valence-corrected chi connectivity index (χ2v) is 4.65. The van der Waals surface area contributed by atoms with Gasteiger partial charge in [0.25, 0.3) is 0 Å². The summed E-state index contributed by atoms with van der Waals surface area (Å²) >= 11 is 2.14. The summed E-state index contributed by atoms with van der Waals surface area (Å²) in [5.74, 6) is -0.945. The first-order valence-electron chi connectivity index (χ1n) is 4.67. The first kappa shape index (κ1) is 9.95. The average Bonchev–Trinajstić information content (AvgIpc) is 2.71. The number of carbonyl (C=O) groups is 1. The summed E-state index contributed by atoms with van der Waals surface area (Å²) in [7, 11) is 0. The minimum atomic E-state index is -0.945. The van der Waals surface area contributed by atoms with Crippen molar-refractivity contribution in [2.45, 2.75) is 31.7 Å². The molecule has 5 heteroatoms. The number of hydrogen-bond donors (Lipinski definition) is 1. The van der Waals surface area contributed by atoms with E-state index in [1.54, 1.807) is 6.07 Å². The Bertz CT molecular complexity index is 356. The highest BCUT2D eigenvalue weighted by molar-refractivity contribution is 14.1. The summed E-state index contributed by atoms with van der Waals surface area (Å²) in [4.78, 5) is 10.7. The summed E-state index contributed by atoms with van der Waals surface area (Å²) in [6.45, 7) is 0. The molecule has 0 aliphatic heterocycles. The van der Waals surface area contributed by atoms with Gasteiger partial charge < -0.3 is 5.11 Å². The van der Waals surface area contributed by atoms with Gasteiger partial charge in [0.05, 0.1) is 6.04 Å². The predicted octanol–water partition coefficient (Wildman–Crippen LogP) is 2.30. The number of hydrogen-bond acceptors (Lipinski definition) is 2. The zero-order valence-corrected chi connectivity index (χ0v) is 9.77. The van der Waals surface area contributed by atoms with Gasteiger partial charge in [-0.3, -0.25) is 4.68 Å². The lowest BCUT2D eigenvalue weighted by molar-refractivity contribution is 0.0689. The van der Waals surface area contributed by atoms with Crippen LogP contribution in [0.25, 0.3) is 0 Å². The maximum Gasteiger partial charge on any atom is 0.356 e. The Balaban J connectivity index is 2.28. The lowest BCUT2D eigenvalue weighted by atomic mass is 10.3. The molecule has 2 rings (SSSR count). The van der Waals surface area contributed by atoms with E-state index in [2.05, 4.69) is 27.7 Å². The number of rotatable bonds is 2. The van der Waals surface area contributed by atoms with Crippen LogP contribution in [0.5, 0.6) is 0 Å². The molecule has 0 radical (unpaired) electrons. The number of carboxylic acids is 1. The number of carboxylic acid groups (broad SMARTS) is 1. The first-order valence-corrected chi connectivity index (χ1v) is 5.74. The van der Waals surface area contributed by atoms with E-state index in [0.717, 1.165) is 16.5 Å². The summed E-state index contributed by atoms with van der Waals surface area (Å²) in [5, 5.41) is 12.9. The van der Waals surface area contributed by atoms with Crippen LogP contribution in [-0.4, -0.2) is 20.9 Å². The Hall–Kier alpha value is -0.590. The molecule has 0 bridgehead atoms. The molecule has 0 amide bonds. The van der Waals surface area contributed by atoms with Crippen molar-refractivity contribution in [1.82, 2.24) is 9.78 Å². The predicted molar refractivity (Wildman–Crippen MR) is 59.4 cm³/mol. The van der Waals surface area contributed by atoms with Crippen LogP contribution in [-0.2, 0) is 0 Å². The van der Waals surface area contributed by atoms with E-state index in [9.17, 15) is 4.79 Å². The highest BCUT2D eigenvalue weighted by Gasteiger charge is 2.21. The molecule has 1 aliphatic carbocycles. The molecule has 1 aromatic rings. The van der Waals surface area contributed by atoms with Gasteiger partial charge in [-0.2, -0.15) is 5.10 Å². The molecule has 14 heavy (non-hydrogen) atoms. The quantitative estimate of drug-likeness (QED) is 0.853. The van der Waals surface area contributed by atoms with Crippen LogP contribution >= 0.6 is 22.6 Å². The number of halogens is 1. The van der Waals surface area contributed by atoms with Gasteiger partial charge in [-0.15, -0.1) is 0 Å². The number of aromatic nitrogens is 2. The molecular weight excluding hydrogens is 295 g/mol. The third-order valence-corrected chi connectivity index (χ3v) is 3.39. The molecule has 1 saturated carbocycles. The van der Waals surface area contributed by atoms with Crippen molar-refractivity contribution in [3.05, 3.63) is 15.5 Å². The SMILES string of the molecule is O=C(O)c1cc(I)n(C2CCCC2)n1. The highest BCUT2D eigenvalue weighted by atomic mass is 127. The van der Waals surface area contributed by atoms with Crippen LogP contribution in [0.2, 0.25) is 0 Å². The fraction of sp³-hybridized carbons (Fsp3) is 0.556. The van der Waals surface area contributed by atoms with Gasteiger partial charge in [-0.25, -0.2) is 4.79 Å². The molecule has 0 spiro atoms. The molecular formula is C9H11IN2O2. The molecule has 0 aromatic carbocycles. The molecule has 4 nitrogen and oxygen atoms in total. The summed E-state index contributed by atoms with van der Waals surface area (Å²) in [5.41, 5.74) is 0.154. The zero-order chi connectivity index (χ0) is 10.1. The summed E-state index contributed by atoms with van der Waals surface area (Å²) in [6, 6.07) is 2.04. The maximum atomic E-state index is 10.7. The second-order valence-electron chi connectivity index (χ2n) is 3.54. The van der Waals surface area contributed by atoms with Gasteiger partial charge >= 0.3 is 5.97 Å². The first-order chi connectivity index (χ1) is 6.68. The fourth-order valence-electron chi connectivity index (χ4n) is 1.88. The standard InChI is InChI=1S/C9H11IN2O2/c10-8-5-7(9(13)14)11-12(8)6-3-1-2-4-6/h5-6H,1-4H2,(H,13,14). The smallest absolute Gasteiger partial charge is 0.356 e. The molecule has 1 fully saturated rings. The van der Waals surface area contributed by atoms with Crippen LogP contribution in [0, 0.1) is 3.70 Å². The molecule has 1 heterocycles. The summed E-state index contributed by atoms with van der Waals surface area (Å²) < 4.78 is 2.78. The van der Waals surface area contributed by atoms with E-state index in [-0.39, 0.29) is 5.69 Å². The van der Waals surface area contributed by atoms with Gasteiger partial charge in [0.2, 0.25) is 0 Å². The van der Waals surface area contributed by atoms with Gasteiger partial charge in [0.15, 0.2) is 5.69 Å². The fourth-order valence-corrected chi connectivity index (χ4v) is 2.68. The minimum absolute atomic E-state index is 0.154. The van der Waals surface area contributed by atoms with Gasteiger partial charge in [-0.05, 0) is 35.4 Å². The van der Waals surface area contributed by atoms with Crippen molar-refractivity contribution < 1.29 is 9.90 Å². The van der Waals surface area contributed by atoms with Crippen molar-refractivity contribution in [3.63, 3.8) is 0 Å². The van der Waals surface area contributed by atoms with Gasteiger partial charge in [0.1, 0.15) is 3.70 Å². The summed E-state index contributed by atoms with van der Waals surface area (Å²) in [6.07, 6.45) is 4.69. The third-order valence-electron chi connectivity index (χ3n) is 2.58. The lowest BCUT2D eigenvalue weighted by Gasteiger charge is -2.10. The Morgan fingerprint density at radius 1 is 1.57 bits per heavy atom. The van der Waals surface area contributed by atoms with Crippen LogP contribution in [0.3, 0.4) is 0 Å². The maximum absolute atomic E-state index is 10.7. The van der Waals surface area contributed by atoms with Crippen LogP contribution in [0.4, 0.5) is 0 Å². The minimum Gasteiger partial charge on any atom is -0.476 e. The normalized spacial score (nSPS) is 17.5. The van der Waals surface area contributed by atoms with Gasteiger partial charge in [-0.1, -0.05) is 12.8 Å². The highest BCUT2D eigenvalue weighted by Crippen LogP contribution is 2.30. The molecule has 0 atom stereocenters. The third kappa shape index (κ3) is 1.77. The lowest BCUT2D eigenvalue weighted by Crippen LogP contribution is -2.09. The molecule has 1 aromatic heterocycles. The Kier molecular flexibility index (Phi) is 2.76. The van der Waals surface area contributed by atoms with E-state index in [1.165, 1.54) is 12.8 Å². The van der Waals surface area contributed by atoms with Crippen molar-refractivity contribution in [3.8, 4) is 0 Å². The molecule has 1 N–H and O–H groups in total. The Morgan fingerprint density at radius 2 is 2.21 bits per heavy atom. The molecule has 0 unspecified atom stereocenters. The van der Waals surface area contributed by atoms with E-state index < -0.39 is 5.97 Å². The van der Waals surface area contributed by atoms with E-state index in [1.807, 2.05) is 4.68 Å². The topological polar surface area (TPSA) is 55.1 Å². The van der Waals surface area contributed by atoms with Gasteiger partial charge in [0, 0.05) is 6.07 Å². The molecule has 76 valence electrons. The molecule has 0 saturated heterocycles. The van der Waals surface area contributed by atoms with E-state index in [0.29, 0.717) is 6.04 Å². The van der Waals surface area contributed by atoms with Crippen molar-refractivity contribution in [2.75, 3.05) is 0 Å². The number of aromatic carboxylic acids is 1. The molecule has 1 aliphatic rings. The van der Waals surface area contributed by atoms with E-state index >= 15 is 0 Å². The van der Waals surface area contributed by atoms with Crippen molar-refractivity contribution >= 4 is 28.6 Å². The second kappa shape index (κ2) is 3.88. The Labute approximate surface area is 95.4 Å². The van der Waals surface area contributed by atoms with Crippen molar-refractivity contribution in [1.29, 1.82) is 0 Å². The largest absolute Gasteiger partial charge is 0.476 e. The van der Waals surface area contributed by atoms with Crippen molar-refractivity contribution in [2.24, 2.45) is 0 Å². The van der Waals surface area contributed by atoms with E-state index in [4.69, 9.17) is 5.11 Å². The van der Waals surface area contributed by atoms with Crippen LogP contribution in [0.1, 0.15) is 42.2 Å². The number of nitrogens with zero attached hydrogens (tertiary/aromatic N) is 2. The monoisotopic (exact) mass is 306 g/mol. The Morgan fingerprint density at radius 3 is 2.71 bits per heavy atom. The average molecular weight is 306 g/mol.